The van der Waals surface area contributed by atoms with Gasteiger partial charge in [0, 0.05) is 45.0 Å². The van der Waals surface area contributed by atoms with Crippen LogP contribution in [-0.2, 0) is 6.54 Å². The van der Waals surface area contributed by atoms with Crippen molar-refractivity contribution >= 4 is 11.7 Å². The molecule has 0 aliphatic carbocycles. The molecule has 3 aromatic rings. The van der Waals surface area contributed by atoms with Gasteiger partial charge >= 0.3 is 6.03 Å². The third-order valence-electron chi connectivity index (χ3n) is 5.90. The van der Waals surface area contributed by atoms with Crippen LogP contribution in [0.25, 0.3) is 11.1 Å². The van der Waals surface area contributed by atoms with Crippen molar-refractivity contribution in [3.63, 3.8) is 0 Å². The molecule has 172 valence electrons. The lowest BCUT2D eigenvalue weighted by Gasteiger charge is -2.32. The van der Waals surface area contributed by atoms with Gasteiger partial charge in [-0.15, -0.1) is 0 Å². The highest BCUT2D eigenvalue weighted by atomic mass is 16.5. The van der Waals surface area contributed by atoms with Crippen molar-refractivity contribution in [2.45, 2.75) is 6.54 Å². The zero-order chi connectivity index (χ0) is 22.9. The molecule has 0 bridgehead atoms. The van der Waals surface area contributed by atoms with E-state index in [0.717, 1.165) is 60.9 Å². The molecule has 1 fully saturated rings. The first kappa shape index (κ1) is 22.8. The van der Waals surface area contributed by atoms with Crippen molar-refractivity contribution in [2.75, 3.05) is 51.7 Å². The summed E-state index contributed by atoms with van der Waals surface area (Å²) in [5, 5.41) is 5.75. The number of likely N-dealkylation sites (N-methyl/N-ethyl adjacent to an activating group) is 1. The van der Waals surface area contributed by atoms with Crippen molar-refractivity contribution in [3.8, 4) is 16.9 Å². The summed E-state index contributed by atoms with van der Waals surface area (Å²) >= 11 is 0. The number of amides is 2. The number of rotatable bonds is 8. The van der Waals surface area contributed by atoms with Crippen LogP contribution in [0.2, 0.25) is 0 Å². The topological polar surface area (TPSA) is 56.8 Å². The number of hydrogen-bond acceptors (Lipinski definition) is 4. The zero-order valence-electron chi connectivity index (χ0n) is 19.2. The molecule has 1 aliphatic rings. The number of urea groups is 1. The van der Waals surface area contributed by atoms with Crippen molar-refractivity contribution in [1.82, 2.24) is 15.1 Å². The average molecular weight is 445 g/mol. The van der Waals surface area contributed by atoms with Gasteiger partial charge in [0.1, 0.15) is 12.4 Å². The number of nitrogens with zero attached hydrogens (tertiary/aromatic N) is 2. The molecule has 2 amide bonds. The SMILES string of the molecule is CN1CCN(CCOc2ccc(-c3ccc(NC(=O)NCc4ccccc4)cc3)cc2)CC1. The van der Waals surface area contributed by atoms with Crippen LogP contribution in [0.1, 0.15) is 5.56 Å². The van der Waals surface area contributed by atoms with E-state index in [2.05, 4.69) is 39.6 Å². The summed E-state index contributed by atoms with van der Waals surface area (Å²) in [6.07, 6.45) is 0. The minimum absolute atomic E-state index is 0.218. The lowest BCUT2D eigenvalue weighted by Crippen LogP contribution is -2.45. The van der Waals surface area contributed by atoms with E-state index in [0.29, 0.717) is 13.2 Å². The summed E-state index contributed by atoms with van der Waals surface area (Å²) < 4.78 is 5.93. The number of ether oxygens (including phenoxy) is 1. The van der Waals surface area contributed by atoms with E-state index < -0.39 is 0 Å². The van der Waals surface area contributed by atoms with Crippen LogP contribution < -0.4 is 15.4 Å². The molecular weight excluding hydrogens is 412 g/mol. The monoisotopic (exact) mass is 444 g/mol. The van der Waals surface area contributed by atoms with E-state index in [1.54, 1.807) is 0 Å². The second-order valence-electron chi connectivity index (χ2n) is 8.39. The van der Waals surface area contributed by atoms with Crippen molar-refractivity contribution in [3.05, 3.63) is 84.4 Å². The standard InChI is InChI=1S/C27H32N4O2/c1-30-15-17-31(18-16-30)19-20-33-26-13-9-24(10-14-26)23-7-11-25(12-8-23)29-27(32)28-21-22-5-3-2-4-6-22/h2-14H,15-21H2,1H3,(H2,28,29,32). The summed E-state index contributed by atoms with van der Waals surface area (Å²) in [7, 11) is 2.17. The number of hydrogen-bond donors (Lipinski definition) is 2. The highest BCUT2D eigenvalue weighted by Gasteiger charge is 2.13. The molecule has 0 radical (unpaired) electrons. The molecule has 2 N–H and O–H groups in total. The van der Waals surface area contributed by atoms with E-state index in [1.807, 2.05) is 66.7 Å². The van der Waals surface area contributed by atoms with Gasteiger partial charge in [0.2, 0.25) is 0 Å². The van der Waals surface area contributed by atoms with Gasteiger partial charge < -0.3 is 20.3 Å². The van der Waals surface area contributed by atoms with Crippen molar-refractivity contribution < 1.29 is 9.53 Å². The van der Waals surface area contributed by atoms with Crippen LogP contribution in [0.5, 0.6) is 5.75 Å². The second kappa shape index (κ2) is 11.5. The Bertz CT molecular complexity index is 999. The Morgan fingerprint density at radius 1 is 0.848 bits per heavy atom. The highest BCUT2D eigenvalue weighted by molar-refractivity contribution is 5.89. The minimum Gasteiger partial charge on any atom is -0.492 e. The van der Waals surface area contributed by atoms with Gasteiger partial charge in [-0.1, -0.05) is 54.6 Å². The first-order valence-electron chi connectivity index (χ1n) is 11.5. The van der Waals surface area contributed by atoms with Gasteiger partial charge in [-0.2, -0.15) is 0 Å². The Balaban J connectivity index is 1.22. The molecule has 4 rings (SSSR count). The molecule has 1 saturated heterocycles. The molecule has 1 heterocycles. The van der Waals surface area contributed by atoms with Gasteiger partial charge in [-0.3, -0.25) is 4.90 Å². The fraction of sp³-hybridized carbons (Fsp3) is 0.296. The number of piperazine rings is 1. The zero-order valence-corrected chi connectivity index (χ0v) is 19.2. The predicted octanol–water partition coefficient (Wildman–Crippen LogP) is 4.30. The van der Waals surface area contributed by atoms with E-state index >= 15 is 0 Å². The molecule has 0 atom stereocenters. The summed E-state index contributed by atoms with van der Waals surface area (Å²) in [5.41, 5.74) is 4.03. The van der Waals surface area contributed by atoms with Crippen LogP contribution in [0.4, 0.5) is 10.5 Å². The number of nitrogens with one attached hydrogen (secondary N) is 2. The van der Waals surface area contributed by atoms with E-state index in [-0.39, 0.29) is 6.03 Å². The summed E-state index contributed by atoms with van der Waals surface area (Å²) in [6, 6.07) is 25.7. The lowest BCUT2D eigenvalue weighted by atomic mass is 10.1. The Kier molecular flexibility index (Phi) is 7.95. The average Bonchev–Trinajstić information content (AvgIpc) is 2.86. The van der Waals surface area contributed by atoms with Gasteiger partial charge in [0.15, 0.2) is 0 Å². The number of anilines is 1. The maximum absolute atomic E-state index is 12.1. The largest absolute Gasteiger partial charge is 0.492 e. The molecule has 3 aromatic carbocycles. The van der Waals surface area contributed by atoms with Crippen LogP contribution >= 0.6 is 0 Å². The number of carbonyl (C=O) groups is 1. The molecule has 0 aromatic heterocycles. The van der Waals surface area contributed by atoms with Crippen molar-refractivity contribution in [1.29, 1.82) is 0 Å². The van der Waals surface area contributed by atoms with Gasteiger partial charge in [0.05, 0.1) is 0 Å². The summed E-state index contributed by atoms with van der Waals surface area (Å²) in [5.74, 6) is 0.890. The molecular formula is C27H32N4O2. The molecule has 0 unspecified atom stereocenters. The fourth-order valence-corrected chi connectivity index (χ4v) is 3.81. The Morgan fingerprint density at radius 3 is 2.15 bits per heavy atom. The van der Waals surface area contributed by atoms with Crippen LogP contribution in [0, 0.1) is 0 Å². The van der Waals surface area contributed by atoms with E-state index in [1.165, 1.54) is 0 Å². The quantitative estimate of drug-likeness (QED) is 0.544. The smallest absolute Gasteiger partial charge is 0.319 e. The predicted molar refractivity (Wildman–Crippen MR) is 134 cm³/mol. The summed E-state index contributed by atoms with van der Waals surface area (Å²) in [6.45, 7) is 6.63. The molecule has 0 spiro atoms. The highest BCUT2D eigenvalue weighted by Crippen LogP contribution is 2.24. The van der Waals surface area contributed by atoms with Crippen LogP contribution in [0.15, 0.2) is 78.9 Å². The van der Waals surface area contributed by atoms with Crippen molar-refractivity contribution in [2.24, 2.45) is 0 Å². The van der Waals surface area contributed by atoms with Crippen LogP contribution in [-0.4, -0.2) is 62.2 Å². The molecule has 0 saturated carbocycles. The van der Waals surface area contributed by atoms with E-state index in [9.17, 15) is 4.79 Å². The Morgan fingerprint density at radius 2 is 1.48 bits per heavy atom. The second-order valence-corrected chi connectivity index (χ2v) is 8.39. The van der Waals surface area contributed by atoms with Gasteiger partial charge in [0.25, 0.3) is 0 Å². The minimum atomic E-state index is -0.218. The maximum atomic E-state index is 12.1. The number of carbonyl (C=O) groups excluding carboxylic acids is 1. The molecule has 6 nitrogen and oxygen atoms in total. The Hall–Kier alpha value is -3.35. The third-order valence-corrected chi connectivity index (χ3v) is 5.90. The molecule has 6 heteroatoms. The van der Waals surface area contributed by atoms with E-state index in [4.69, 9.17) is 4.74 Å². The Labute approximate surface area is 196 Å². The fourth-order valence-electron chi connectivity index (χ4n) is 3.81. The lowest BCUT2D eigenvalue weighted by molar-refractivity contribution is 0.134. The van der Waals surface area contributed by atoms with Gasteiger partial charge in [-0.05, 0) is 48.0 Å². The summed E-state index contributed by atoms with van der Waals surface area (Å²) in [4.78, 5) is 16.9. The molecule has 1 aliphatic heterocycles. The van der Waals surface area contributed by atoms with Gasteiger partial charge in [-0.25, -0.2) is 4.79 Å². The number of benzene rings is 3. The van der Waals surface area contributed by atoms with Crippen LogP contribution in [0.3, 0.4) is 0 Å². The third kappa shape index (κ3) is 7.07. The molecule has 33 heavy (non-hydrogen) atoms. The normalized spacial score (nSPS) is 14.6. The maximum Gasteiger partial charge on any atom is 0.319 e. The first-order chi connectivity index (χ1) is 16.2. The first-order valence-corrected chi connectivity index (χ1v) is 11.5.